The van der Waals surface area contributed by atoms with Gasteiger partial charge in [0.1, 0.15) is 0 Å². The first-order valence-corrected chi connectivity index (χ1v) is 16.1. The number of benzene rings is 2. The van der Waals surface area contributed by atoms with Gasteiger partial charge in [-0.1, -0.05) is 18.6 Å². The van der Waals surface area contributed by atoms with Gasteiger partial charge in [0, 0.05) is 42.6 Å². The fourth-order valence-corrected chi connectivity index (χ4v) is 6.40. The number of rotatable bonds is 12. The maximum Gasteiger partial charge on any atom is 0.248 e. The van der Waals surface area contributed by atoms with Crippen LogP contribution in [0.1, 0.15) is 61.8 Å². The molecule has 11 nitrogen and oxygen atoms in total. The highest BCUT2D eigenvalue weighted by Crippen LogP contribution is 2.50. The molecule has 0 radical (unpaired) electrons. The number of hydrogen-bond acceptors (Lipinski definition) is 8. The van der Waals surface area contributed by atoms with Gasteiger partial charge in [0.25, 0.3) is 0 Å². The number of ether oxygens (including phenoxy) is 3. The zero-order valence-corrected chi connectivity index (χ0v) is 28.0. The molecule has 0 bridgehead atoms. The summed E-state index contributed by atoms with van der Waals surface area (Å²) < 4.78 is 17.1. The van der Waals surface area contributed by atoms with Crippen molar-refractivity contribution in [1.29, 1.82) is 0 Å². The average Bonchev–Trinajstić information content (AvgIpc) is 3.29. The lowest BCUT2D eigenvalue weighted by Gasteiger charge is -2.19. The molecule has 4 aromatic rings. The fourth-order valence-electron chi connectivity index (χ4n) is 6.40. The zero-order chi connectivity index (χ0) is 34.4. The number of aromatic amines is 1. The van der Waals surface area contributed by atoms with Crippen molar-refractivity contribution < 1.29 is 23.8 Å². The Morgan fingerprint density at radius 3 is 2.44 bits per heavy atom. The van der Waals surface area contributed by atoms with Gasteiger partial charge in [-0.2, -0.15) is 0 Å². The van der Waals surface area contributed by atoms with E-state index in [1.807, 2.05) is 31.2 Å². The van der Waals surface area contributed by atoms with E-state index in [0.29, 0.717) is 71.9 Å². The van der Waals surface area contributed by atoms with Crippen molar-refractivity contribution in [2.45, 2.75) is 58.4 Å². The molecule has 0 aliphatic heterocycles. The number of carbonyl (C=O) groups is 2. The second kappa shape index (κ2) is 15.1. The number of anilines is 2. The highest BCUT2D eigenvalue weighted by molar-refractivity contribution is 5.94. The molecule has 0 saturated heterocycles. The van der Waals surface area contributed by atoms with E-state index in [1.165, 1.54) is 6.92 Å². The molecule has 0 fully saturated rings. The van der Waals surface area contributed by atoms with E-state index >= 15 is 0 Å². The number of unbranched alkanes of at least 4 members (excludes halogenated alkanes) is 2. The molecule has 1 aromatic heterocycles. The molecular weight excluding hydrogens is 612 g/mol. The maximum absolute atomic E-state index is 13.5. The molecule has 252 valence electrons. The predicted molar refractivity (Wildman–Crippen MR) is 188 cm³/mol. The summed E-state index contributed by atoms with van der Waals surface area (Å²) in [6, 6.07) is 13.8. The van der Waals surface area contributed by atoms with Crippen LogP contribution in [0.25, 0.3) is 22.0 Å². The van der Waals surface area contributed by atoms with Crippen LogP contribution in [0.3, 0.4) is 0 Å². The number of aryl methyl sites for hydroxylation is 2. The summed E-state index contributed by atoms with van der Waals surface area (Å²) in [6.07, 6.45) is 3.77. The number of fused-ring (bicyclic) bond motifs is 4. The van der Waals surface area contributed by atoms with Crippen molar-refractivity contribution in [3.05, 3.63) is 85.8 Å². The number of amides is 2. The fraction of sp³-hybridized carbons (Fsp3) is 0.351. The first-order chi connectivity index (χ1) is 23.1. The molecule has 3 aromatic carbocycles. The number of hydrogen-bond donors (Lipinski definition) is 4. The summed E-state index contributed by atoms with van der Waals surface area (Å²) >= 11 is 0. The third-order valence-corrected chi connectivity index (χ3v) is 8.65. The minimum atomic E-state index is -0.383. The van der Waals surface area contributed by atoms with Crippen LogP contribution in [0.5, 0.6) is 17.2 Å². The van der Waals surface area contributed by atoms with Gasteiger partial charge in [-0.05, 0) is 85.2 Å². The standard InChI is InChI=1S/C37H42N4O7/c1-21-17-34(45)41-30-19-24(11-12-25(21)30)40-33(44)9-7-6-8-16-38-29-15-13-26-27(20-31(29)43)28(39-22(2)42)14-10-23-18-32(46-3)36(47-4)37(48-5)35(23)26/h11-13,15,17-20,28H,6-10,14,16H2,1-5H3,(H,38,43)(H,39,42)(H,40,44)(H,41,45)/t28-/m0/s1. The molecule has 1 heterocycles. The third kappa shape index (κ3) is 7.46. The van der Waals surface area contributed by atoms with E-state index in [2.05, 4.69) is 20.9 Å². The molecule has 4 N–H and O–H groups in total. The van der Waals surface area contributed by atoms with Crippen LogP contribution < -0.4 is 41.1 Å². The van der Waals surface area contributed by atoms with Crippen LogP contribution in [-0.4, -0.2) is 44.7 Å². The lowest BCUT2D eigenvalue weighted by molar-refractivity contribution is -0.119. The number of nitrogens with one attached hydrogen (secondary N) is 4. The maximum atomic E-state index is 13.5. The van der Waals surface area contributed by atoms with Crippen molar-refractivity contribution in [2.75, 3.05) is 38.5 Å². The highest BCUT2D eigenvalue weighted by atomic mass is 16.5. The molecule has 11 heteroatoms. The Morgan fingerprint density at radius 1 is 0.917 bits per heavy atom. The third-order valence-electron chi connectivity index (χ3n) is 8.65. The summed E-state index contributed by atoms with van der Waals surface area (Å²) in [5.74, 6) is 1.20. The van der Waals surface area contributed by atoms with Gasteiger partial charge in [0.15, 0.2) is 11.5 Å². The second-order valence-corrected chi connectivity index (χ2v) is 12.0. The smallest absolute Gasteiger partial charge is 0.248 e. The topological polar surface area (TPSA) is 148 Å². The van der Waals surface area contributed by atoms with Gasteiger partial charge in [0.05, 0.1) is 38.6 Å². The van der Waals surface area contributed by atoms with E-state index < -0.39 is 0 Å². The largest absolute Gasteiger partial charge is 0.493 e. The zero-order valence-electron chi connectivity index (χ0n) is 28.0. The van der Waals surface area contributed by atoms with E-state index in [0.717, 1.165) is 40.5 Å². The molecule has 2 amide bonds. The summed E-state index contributed by atoms with van der Waals surface area (Å²) in [4.78, 5) is 52.9. The molecule has 0 unspecified atom stereocenters. The lowest BCUT2D eigenvalue weighted by atomic mass is 9.95. The van der Waals surface area contributed by atoms with Crippen molar-refractivity contribution in [2.24, 2.45) is 0 Å². The Bertz CT molecular complexity index is 1970. The van der Waals surface area contributed by atoms with Crippen LogP contribution in [0.15, 0.2) is 58.1 Å². The van der Waals surface area contributed by atoms with Gasteiger partial charge in [0.2, 0.25) is 28.6 Å². The van der Waals surface area contributed by atoms with Gasteiger partial charge in [-0.3, -0.25) is 19.2 Å². The molecule has 1 aliphatic carbocycles. The van der Waals surface area contributed by atoms with Crippen LogP contribution in [0.2, 0.25) is 0 Å². The predicted octanol–water partition coefficient (Wildman–Crippen LogP) is 5.62. The Morgan fingerprint density at radius 2 is 1.71 bits per heavy atom. The number of pyridine rings is 1. The average molecular weight is 655 g/mol. The second-order valence-electron chi connectivity index (χ2n) is 12.0. The molecule has 1 aliphatic rings. The molecule has 0 spiro atoms. The van der Waals surface area contributed by atoms with Crippen LogP contribution in [0, 0.1) is 6.92 Å². The molecule has 1 atom stereocenters. The van der Waals surface area contributed by atoms with Gasteiger partial charge < -0.3 is 35.1 Å². The number of H-pyrrole nitrogens is 1. The van der Waals surface area contributed by atoms with E-state index in [1.54, 1.807) is 45.6 Å². The van der Waals surface area contributed by atoms with Gasteiger partial charge in [-0.25, -0.2) is 0 Å². The SMILES string of the molecule is COc1cc2c(c(OC)c1OC)-c1ccc(NCCCCCC(=O)Nc3ccc4c(C)cc(=O)[nH]c4c3)c(=O)cc1[C@@H](NC(C)=O)CC2. The molecule has 5 rings (SSSR count). The minimum Gasteiger partial charge on any atom is -0.493 e. The Kier molecular flexibility index (Phi) is 10.7. The molecular formula is C37H42N4O7. The number of aromatic nitrogens is 1. The lowest BCUT2D eigenvalue weighted by Crippen LogP contribution is -2.26. The van der Waals surface area contributed by atoms with Crippen LogP contribution in [0.4, 0.5) is 11.4 Å². The van der Waals surface area contributed by atoms with Crippen molar-refractivity contribution >= 4 is 34.1 Å². The Labute approximate surface area is 279 Å². The van der Waals surface area contributed by atoms with E-state index in [4.69, 9.17) is 14.2 Å². The number of carbonyl (C=O) groups excluding carboxylic acids is 2. The Hall–Kier alpha value is -5.32. The normalized spacial score (nSPS) is 13.5. The molecule has 48 heavy (non-hydrogen) atoms. The highest BCUT2D eigenvalue weighted by Gasteiger charge is 2.29. The van der Waals surface area contributed by atoms with Crippen molar-refractivity contribution in [3.63, 3.8) is 0 Å². The Balaban J connectivity index is 1.26. The first kappa shape index (κ1) is 34.0. The van der Waals surface area contributed by atoms with Crippen molar-refractivity contribution in [1.82, 2.24) is 10.3 Å². The number of methoxy groups -OCH3 is 3. The molecule has 0 saturated carbocycles. The quantitative estimate of drug-likeness (QED) is 0.144. The summed E-state index contributed by atoms with van der Waals surface area (Å²) in [7, 11) is 4.69. The summed E-state index contributed by atoms with van der Waals surface area (Å²) in [5.41, 5.74) is 5.48. The van der Waals surface area contributed by atoms with Crippen LogP contribution in [-0.2, 0) is 16.0 Å². The van der Waals surface area contributed by atoms with Gasteiger partial charge >= 0.3 is 0 Å². The minimum absolute atomic E-state index is 0.102. The monoisotopic (exact) mass is 654 g/mol. The summed E-state index contributed by atoms with van der Waals surface area (Å²) in [5, 5.41) is 10.1. The van der Waals surface area contributed by atoms with E-state index in [-0.39, 0.29) is 28.8 Å². The van der Waals surface area contributed by atoms with E-state index in [9.17, 15) is 19.2 Å². The van der Waals surface area contributed by atoms with Crippen molar-refractivity contribution in [3.8, 4) is 28.4 Å². The van der Waals surface area contributed by atoms with Gasteiger partial charge in [-0.15, -0.1) is 0 Å². The van der Waals surface area contributed by atoms with Crippen LogP contribution >= 0.6 is 0 Å². The summed E-state index contributed by atoms with van der Waals surface area (Å²) in [6.45, 7) is 3.89. The first-order valence-electron chi connectivity index (χ1n) is 16.1.